The molecule has 2 N–H and O–H groups in total. The largest absolute Gasteiger partial charge is 0.507 e. The number of hydrogen-bond acceptors (Lipinski definition) is 7. The Labute approximate surface area is 247 Å². The van der Waals surface area contributed by atoms with E-state index in [-0.39, 0.29) is 30.9 Å². The molecule has 2 amide bonds. The number of carbonyl (C=O) groups is 3. The van der Waals surface area contributed by atoms with Gasteiger partial charge in [-0.05, 0) is 90.9 Å². The zero-order chi connectivity index (χ0) is 30.4. The summed E-state index contributed by atoms with van der Waals surface area (Å²) in [6.45, 7) is 1.65. The van der Waals surface area contributed by atoms with E-state index in [0.717, 1.165) is 10.5 Å². The van der Waals surface area contributed by atoms with Crippen molar-refractivity contribution in [3.8, 4) is 17.2 Å². The van der Waals surface area contributed by atoms with Gasteiger partial charge in [0.25, 0.3) is 0 Å². The van der Waals surface area contributed by atoms with Crippen molar-refractivity contribution in [3.05, 3.63) is 88.2 Å². The number of halogens is 2. The minimum atomic E-state index is -1.27. The number of carboxylic acids is 1. The molecule has 9 nitrogen and oxygen atoms in total. The number of imide groups is 1. The van der Waals surface area contributed by atoms with E-state index in [0.29, 0.717) is 40.6 Å². The molecule has 1 heterocycles. The van der Waals surface area contributed by atoms with Gasteiger partial charge in [0.1, 0.15) is 22.9 Å². The minimum Gasteiger partial charge on any atom is -0.507 e. The highest BCUT2D eigenvalue weighted by molar-refractivity contribution is 6.30. The molecule has 3 aromatic carbocycles. The third kappa shape index (κ3) is 7.44. The average molecular weight is 597 g/mol. The average Bonchev–Trinajstić information content (AvgIpc) is 3.11. The molecule has 1 unspecified atom stereocenters. The molecule has 11 heteroatoms. The van der Waals surface area contributed by atoms with Crippen molar-refractivity contribution >= 4 is 35.1 Å². The molecule has 1 saturated heterocycles. The molecular weight excluding hydrogens is 567 g/mol. The predicted octanol–water partition coefficient (Wildman–Crippen LogP) is 5.83. The molecule has 4 rings (SSSR count). The SMILES string of the molecule is COc1ccc(Cl)cc1CC1CC/C(=N\Oc2ccc(F)cc2)CN(C(=O)C[C@H](C)c2ccc(C(=O)O)c(O)c2)C1=O. The second-order valence-corrected chi connectivity index (χ2v) is 10.5. The van der Waals surface area contributed by atoms with Gasteiger partial charge in [-0.3, -0.25) is 14.5 Å². The molecule has 3 aromatic rings. The highest BCUT2D eigenvalue weighted by Gasteiger charge is 2.34. The Morgan fingerprint density at radius 2 is 1.88 bits per heavy atom. The van der Waals surface area contributed by atoms with Crippen LogP contribution in [0, 0.1) is 11.7 Å². The van der Waals surface area contributed by atoms with Crippen LogP contribution in [0.3, 0.4) is 0 Å². The van der Waals surface area contributed by atoms with Gasteiger partial charge in [-0.2, -0.15) is 0 Å². The van der Waals surface area contributed by atoms with Crippen LogP contribution < -0.4 is 9.57 Å². The number of oxime groups is 1. The van der Waals surface area contributed by atoms with Gasteiger partial charge in [-0.25, -0.2) is 9.18 Å². The predicted molar refractivity (Wildman–Crippen MR) is 154 cm³/mol. The lowest BCUT2D eigenvalue weighted by atomic mass is 9.92. The standard InChI is InChI=1S/C31H30ClFN2O7/c1-18(19-4-11-26(31(39)40)27(36)16-19)13-29(37)35-17-24(34-42-25-9-6-23(33)7-10-25)8-3-20(30(35)38)14-21-15-22(32)5-12-28(21)41-2/h4-7,9-12,15-16,18,20,36H,3,8,13-14,17H2,1-2H3,(H,39,40)/b34-24+/t18-,20?/m0/s1. The van der Waals surface area contributed by atoms with Gasteiger partial charge in [-0.1, -0.05) is 29.7 Å². The van der Waals surface area contributed by atoms with Crippen molar-refractivity contribution in [3.63, 3.8) is 0 Å². The number of ether oxygens (including phenoxy) is 1. The third-order valence-corrected chi connectivity index (χ3v) is 7.38. The van der Waals surface area contributed by atoms with E-state index in [2.05, 4.69) is 5.16 Å². The molecule has 0 aliphatic carbocycles. The van der Waals surface area contributed by atoms with E-state index in [1.54, 1.807) is 25.1 Å². The van der Waals surface area contributed by atoms with E-state index in [9.17, 15) is 29.0 Å². The van der Waals surface area contributed by atoms with Crippen LogP contribution in [0.1, 0.15) is 53.6 Å². The van der Waals surface area contributed by atoms with E-state index in [1.165, 1.54) is 49.6 Å². The molecule has 1 aliphatic heterocycles. The van der Waals surface area contributed by atoms with E-state index < -0.39 is 35.3 Å². The van der Waals surface area contributed by atoms with Crippen LogP contribution in [0.15, 0.2) is 65.8 Å². The number of aromatic hydroxyl groups is 1. The first-order valence-corrected chi connectivity index (χ1v) is 13.6. The normalized spacial score (nSPS) is 17.0. The summed E-state index contributed by atoms with van der Waals surface area (Å²) in [7, 11) is 1.53. The Bertz CT molecular complexity index is 1510. The number of likely N-dealkylation sites (tertiary alicyclic amines) is 1. The number of phenols is 1. The number of nitrogens with zero attached hydrogens (tertiary/aromatic N) is 2. The molecule has 0 spiro atoms. The number of methoxy groups -OCH3 is 1. The van der Waals surface area contributed by atoms with Crippen molar-refractivity contribution in [1.82, 2.24) is 4.90 Å². The number of benzene rings is 3. The number of carboxylic acid groups (broad SMARTS) is 1. The molecule has 0 bridgehead atoms. The first-order valence-electron chi connectivity index (χ1n) is 13.3. The third-order valence-electron chi connectivity index (χ3n) is 7.14. The van der Waals surface area contributed by atoms with Gasteiger partial charge >= 0.3 is 5.97 Å². The summed E-state index contributed by atoms with van der Waals surface area (Å²) in [5.41, 5.74) is 1.47. The lowest BCUT2D eigenvalue weighted by Crippen LogP contribution is -2.42. The highest BCUT2D eigenvalue weighted by atomic mass is 35.5. The Hall–Kier alpha value is -4.44. The molecule has 220 valence electrons. The molecule has 0 saturated carbocycles. The van der Waals surface area contributed by atoms with Gasteiger partial charge in [0.2, 0.25) is 11.8 Å². The number of aromatic carboxylic acids is 1. The van der Waals surface area contributed by atoms with Crippen LogP contribution in [0.2, 0.25) is 5.02 Å². The molecule has 1 aliphatic rings. The number of rotatable bonds is 9. The number of carbonyl (C=O) groups excluding carboxylic acids is 2. The van der Waals surface area contributed by atoms with Crippen molar-refractivity contribution in [2.45, 2.75) is 38.5 Å². The topological polar surface area (TPSA) is 126 Å². The molecule has 1 fully saturated rings. The van der Waals surface area contributed by atoms with Gasteiger partial charge < -0.3 is 19.8 Å². The summed E-state index contributed by atoms with van der Waals surface area (Å²) in [5.74, 6) is -3.11. The molecule has 0 aromatic heterocycles. The Morgan fingerprint density at radius 3 is 2.55 bits per heavy atom. The van der Waals surface area contributed by atoms with Crippen molar-refractivity contribution in [1.29, 1.82) is 0 Å². The molecular formula is C31H30ClFN2O7. The smallest absolute Gasteiger partial charge is 0.339 e. The van der Waals surface area contributed by atoms with Crippen molar-refractivity contribution in [2.75, 3.05) is 13.7 Å². The molecule has 0 radical (unpaired) electrons. The summed E-state index contributed by atoms with van der Waals surface area (Å²) >= 11 is 6.21. The monoisotopic (exact) mass is 596 g/mol. The Morgan fingerprint density at radius 1 is 1.14 bits per heavy atom. The summed E-state index contributed by atoms with van der Waals surface area (Å²) in [5, 5.41) is 24.0. The van der Waals surface area contributed by atoms with Crippen LogP contribution in [0.5, 0.6) is 17.2 Å². The van der Waals surface area contributed by atoms with Crippen LogP contribution in [-0.4, -0.2) is 52.3 Å². The van der Waals surface area contributed by atoms with E-state index >= 15 is 0 Å². The van der Waals surface area contributed by atoms with E-state index in [1.807, 2.05) is 0 Å². The minimum absolute atomic E-state index is 0.0864. The van der Waals surface area contributed by atoms with Crippen LogP contribution in [0.4, 0.5) is 4.39 Å². The number of hydrogen-bond donors (Lipinski definition) is 2. The summed E-state index contributed by atoms with van der Waals surface area (Å²) < 4.78 is 18.7. The summed E-state index contributed by atoms with van der Waals surface area (Å²) in [6.07, 6.45) is 0.934. The highest BCUT2D eigenvalue weighted by Crippen LogP contribution is 2.31. The van der Waals surface area contributed by atoms with Crippen LogP contribution in [0.25, 0.3) is 0 Å². The Kier molecular flexibility index (Phi) is 9.80. The number of amides is 2. The fourth-order valence-corrected chi connectivity index (χ4v) is 5.00. The van der Waals surface area contributed by atoms with Crippen molar-refractivity contribution < 1.29 is 38.6 Å². The molecule has 2 atom stereocenters. The molecule has 42 heavy (non-hydrogen) atoms. The van der Waals surface area contributed by atoms with Crippen LogP contribution >= 0.6 is 11.6 Å². The van der Waals surface area contributed by atoms with Gasteiger partial charge in [0.15, 0.2) is 5.75 Å². The lowest BCUT2D eigenvalue weighted by molar-refractivity contribution is -0.146. The maximum atomic E-state index is 13.8. The zero-order valence-corrected chi connectivity index (χ0v) is 23.8. The van der Waals surface area contributed by atoms with Crippen LogP contribution in [-0.2, 0) is 16.0 Å². The maximum absolute atomic E-state index is 13.8. The first kappa shape index (κ1) is 30.5. The fraction of sp³-hybridized carbons (Fsp3) is 0.290. The quantitative estimate of drug-likeness (QED) is 0.298. The second kappa shape index (κ2) is 13.5. The van der Waals surface area contributed by atoms with Gasteiger partial charge in [0, 0.05) is 17.4 Å². The Balaban J connectivity index is 1.59. The van der Waals surface area contributed by atoms with Gasteiger partial charge in [-0.15, -0.1) is 0 Å². The maximum Gasteiger partial charge on any atom is 0.339 e. The van der Waals surface area contributed by atoms with E-state index in [4.69, 9.17) is 21.2 Å². The fourth-order valence-electron chi connectivity index (χ4n) is 4.81. The zero-order valence-electron chi connectivity index (χ0n) is 23.0. The van der Waals surface area contributed by atoms with Gasteiger partial charge in [0.05, 0.1) is 19.4 Å². The summed E-state index contributed by atoms with van der Waals surface area (Å²) in [4.78, 5) is 45.3. The first-order chi connectivity index (χ1) is 20.0. The lowest BCUT2D eigenvalue weighted by Gasteiger charge is -2.24. The van der Waals surface area contributed by atoms with Crippen molar-refractivity contribution in [2.24, 2.45) is 11.1 Å². The summed E-state index contributed by atoms with van der Waals surface area (Å²) in [6, 6.07) is 14.6. The second-order valence-electron chi connectivity index (χ2n) is 10.1.